The highest BCUT2D eigenvalue weighted by molar-refractivity contribution is 7.67. The van der Waals surface area contributed by atoms with Crippen LogP contribution in [0, 0.1) is 18.8 Å². The summed E-state index contributed by atoms with van der Waals surface area (Å²) in [7, 11) is 4.26. The second-order valence-electron chi connectivity index (χ2n) is 25.5. The van der Waals surface area contributed by atoms with Crippen molar-refractivity contribution in [1.82, 2.24) is 39.0 Å². The summed E-state index contributed by atoms with van der Waals surface area (Å²) in [6.45, 7) is 17.4. The summed E-state index contributed by atoms with van der Waals surface area (Å²) < 4.78 is 85.6. The number of alkyl halides is 6. The molecule has 4 aliphatic rings. The van der Waals surface area contributed by atoms with E-state index in [0.29, 0.717) is 51.8 Å². The highest BCUT2D eigenvalue weighted by Crippen LogP contribution is 2.56. The molecule has 0 amide bonds. The number of hydrogen-bond donors (Lipinski definition) is 2. The maximum atomic E-state index is 12.6. The Balaban J connectivity index is 0.000000153. The number of para-hydroxylation sites is 1. The number of piperidine rings is 2. The normalized spacial score (nSPS) is 16.8. The third-order valence-electron chi connectivity index (χ3n) is 18.2. The topological polar surface area (TPSA) is 127 Å². The van der Waals surface area contributed by atoms with Crippen LogP contribution in [0.15, 0.2) is 128 Å². The lowest BCUT2D eigenvalue weighted by Crippen LogP contribution is -2.40. The zero-order valence-corrected chi connectivity index (χ0v) is 55.9. The van der Waals surface area contributed by atoms with E-state index in [2.05, 4.69) is 135 Å². The number of aryl methyl sites for hydroxylation is 1. The van der Waals surface area contributed by atoms with Crippen LogP contribution < -0.4 is 30.7 Å². The van der Waals surface area contributed by atoms with Crippen LogP contribution in [0.1, 0.15) is 123 Å². The van der Waals surface area contributed by atoms with E-state index in [9.17, 15) is 26.3 Å². The summed E-state index contributed by atoms with van der Waals surface area (Å²) in [5, 5.41) is 14.2. The molecule has 3 N–H and O–H groups in total. The Labute approximate surface area is 545 Å². The molecule has 0 atom stereocenters. The second kappa shape index (κ2) is 32.6. The monoisotopic (exact) mass is 1310 g/mol. The predicted molar refractivity (Wildman–Crippen MR) is 363 cm³/mol. The van der Waals surface area contributed by atoms with Gasteiger partial charge in [-0.1, -0.05) is 125 Å². The number of nitrogens with one attached hydrogen (secondary N) is 1. The van der Waals surface area contributed by atoms with Crippen molar-refractivity contribution in [2.24, 2.45) is 17.6 Å². The fourth-order valence-corrected chi connectivity index (χ4v) is 17.3. The second-order valence-corrected chi connectivity index (χ2v) is 28.6. The van der Waals surface area contributed by atoms with E-state index >= 15 is 0 Å². The van der Waals surface area contributed by atoms with Crippen LogP contribution in [0.25, 0.3) is 44.9 Å². The molecule has 8 aromatic rings. The molecule has 4 aromatic carbocycles. The predicted octanol–water partition coefficient (Wildman–Crippen LogP) is 17.3. The molecular formula is C71H91ClF6N11O2P. The SMILES string of the molecule is CC(C)N1CCC(CN)CC1.CN(C)c1ccccc1-c1ccccc1P(C1CCCCC1)C1CCCCC1.Cc1cc2ncc(-c3cccc(OC(F)(F)F)c3)n2nc1NCC1CCN(C(C)C)CC1.FC(F)(F)Oc1cccc(-c2cnc3ccc(Cl)nn23)c1. The molecule has 6 heterocycles. The summed E-state index contributed by atoms with van der Waals surface area (Å²) in [4.78, 5) is 15.8. The number of aromatic nitrogens is 6. The minimum atomic E-state index is -4.74. The Morgan fingerprint density at radius 1 is 0.587 bits per heavy atom. The fraction of sp³-hybridized carbons (Fsp3) is 0.493. The van der Waals surface area contributed by atoms with Crippen LogP contribution in [-0.2, 0) is 0 Å². The number of imidazole rings is 2. The summed E-state index contributed by atoms with van der Waals surface area (Å²) in [5.74, 6) is 1.55. The van der Waals surface area contributed by atoms with Crippen LogP contribution in [-0.4, -0.2) is 128 Å². The lowest BCUT2D eigenvalue weighted by molar-refractivity contribution is -0.275. The molecule has 2 saturated carbocycles. The first-order valence-corrected chi connectivity index (χ1v) is 34.6. The molecule has 2 aliphatic heterocycles. The first-order chi connectivity index (χ1) is 44.1. The largest absolute Gasteiger partial charge is 0.573 e. The van der Waals surface area contributed by atoms with Gasteiger partial charge < -0.3 is 35.2 Å². The third kappa shape index (κ3) is 19.3. The summed E-state index contributed by atoms with van der Waals surface area (Å²) in [6.07, 6.45) is 13.1. The fourth-order valence-electron chi connectivity index (χ4n) is 13.2. The lowest BCUT2D eigenvalue weighted by Gasteiger charge is -2.39. The molecule has 0 unspecified atom stereocenters. The number of nitrogens with two attached hydrogens (primary N) is 1. The van der Waals surface area contributed by atoms with E-state index in [4.69, 9.17) is 22.4 Å². The van der Waals surface area contributed by atoms with E-state index < -0.39 is 12.7 Å². The van der Waals surface area contributed by atoms with Gasteiger partial charge in [0.15, 0.2) is 11.3 Å². The van der Waals surface area contributed by atoms with Crippen molar-refractivity contribution in [2.75, 3.05) is 63.6 Å². The van der Waals surface area contributed by atoms with Crippen molar-refractivity contribution in [2.45, 2.75) is 161 Å². The van der Waals surface area contributed by atoms with Crippen LogP contribution in [0.5, 0.6) is 11.5 Å². The molecule has 21 heteroatoms. The van der Waals surface area contributed by atoms with E-state index in [-0.39, 0.29) is 24.6 Å². The number of hydrogen-bond acceptors (Lipinski definition) is 11. The van der Waals surface area contributed by atoms with Gasteiger partial charge in [0.1, 0.15) is 22.5 Å². The summed E-state index contributed by atoms with van der Waals surface area (Å²) in [5.41, 5.74) is 16.1. The molecule has 4 fully saturated rings. The van der Waals surface area contributed by atoms with Gasteiger partial charge >= 0.3 is 12.7 Å². The number of anilines is 2. The molecule has 92 heavy (non-hydrogen) atoms. The molecule has 0 radical (unpaired) electrons. The third-order valence-corrected chi connectivity index (χ3v) is 21.9. The molecule has 2 saturated heterocycles. The van der Waals surface area contributed by atoms with Gasteiger partial charge in [-0.3, -0.25) is 0 Å². The number of benzene rings is 4. The van der Waals surface area contributed by atoms with Crippen molar-refractivity contribution >= 4 is 47.6 Å². The van der Waals surface area contributed by atoms with Crippen LogP contribution in [0.3, 0.4) is 0 Å². The molecule has 4 aromatic heterocycles. The van der Waals surface area contributed by atoms with Crippen molar-refractivity contribution in [3.63, 3.8) is 0 Å². The van der Waals surface area contributed by atoms with Gasteiger partial charge in [0.25, 0.3) is 0 Å². The van der Waals surface area contributed by atoms with E-state index in [1.165, 1.54) is 154 Å². The zero-order chi connectivity index (χ0) is 65.5. The highest BCUT2D eigenvalue weighted by atomic mass is 35.5. The summed E-state index contributed by atoms with van der Waals surface area (Å²) >= 11 is 5.82. The maximum absolute atomic E-state index is 12.6. The first kappa shape index (κ1) is 69.8. The molecule has 13 nitrogen and oxygen atoms in total. The molecular weight excluding hydrogens is 1220 g/mol. The van der Waals surface area contributed by atoms with Crippen molar-refractivity contribution in [3.8, 4) is 45.1 Å². The number of nitrogens with zero attached hydrogens (tertiary/aromatic N) is 9. The molecule has 0 spiro atoms. The average molecular weight is 1310 g/mol. The lowest BCUT2D eigenvalue weighted by atomic mass is 9.96. The van der Waals surface area contributed by atoms with Crippen LogP contribution >= 0.6 is 19.5 Å². The Morgan fingerprint density at radius 3 is 1.59 bits per heavy atom. The quantitative estimate of drug-likeness (QED) is 0.0752. The minimum Gasteiger partial charge on any atom is -0.406 e. The average Bonchev–Trinajstić information content (AvgIpc) is 1.15. The number of rotatable bonds is 15. The van der Waals surface area contributed by atoms with Gasteiger partial charge in [0, 0.05) is 55.1 Å². The molecule has 12 rings (SSSR count). The number of ether oxygens (including phenoxy) is 2. The standard InChI is InChI=1S/C26H36NP.C23H28F3N5O.C13H7ClF3N3O.C9H20N2/c1-27(2)25-19-11-9-17-23(25)24-18-10-12-20-26(24)28(21-13-5-3-6-14-21)22-15-7-4-8-16-22;1-15(2)30-9-7-17(8-10-30)13-28-22-16(3)11-21-27-14-20(31(21)29-22)18-5-4-6-19(12-18)32-23(24,25)26;14-11-4-5-12-18-7-10(20(12)19-11)8-2-1-3-9(6-8)21-13(15,16)17;1-8(2)11-5-3-9(7-10)4-6-11/h9-12,17-22H,3-8,13-16H2,1-2H3;4-6,11-12,14-15,17H,7-10,13H2,1-3H3,(H,28,29);1-7H;8-9H,3-7,10H2,1-2H3. The smallest absolute Gasteiger partial charge is 0.406 e. The molecule has 2 aliphatic carbocycles. The first-order valence-electron chi connectivity index (χ1n) is 32.8. The van der Waals surface area contributed by atoms with E-state index in [1.54, 1.807) is 40.3 Å². The maximum Gasteiger partial charge on any atom is 0.573 e. The number of halogens is 7. The zero-order valence-electron chi connectivity index (χ0n) is 54.2. The Bertz CT molecular complexity index is 3570. The Hall–Kier alpha value is -6.50. The Morgan fingerprint density at radius 2 is 1.08 bits per heavy atom. The van der Waals surface area contributed by atoms with Gasteiger partial charge in [-0.25, -0.2) is 19.0 Å². The van der Waals surface area contributed by atoms with Crippen molar-refractivity contribution in [1.29, 1.82) is 0 Å². The van der Waals surface area contributed by atoms with Crippen LogP contribution in [0.4, 0.5) is 37.8 Å². The van der Waals surface area contributed by atoms with Gasteiger partial charge in [0.05, 0.1) is 23.8 Å². The summed E-state index contributed by atoms with van der Waals surface area (Å²) in [6, 6.07) is 36.3. The Kier molecular flexibility index (Phi) is 24.7. The molecule has 0 bridgehead atoms. The van der Waals surface area contributed by atoms with Gasteiger partial charge in [0.2, 0.25) is 0 Å². The van der Waals surface area contributed by atoms with Crippen LogP contribution in [0.2, 0.25) is 5.15 Å². The van der Waals surface area contributed by atoms with Gasteiger partial charge in [-0.05, 0) is 207 Å². The van der Waals surface area contributed by atoms with Gasteiger partial charge in [-0.2, -0.15) is 5.10 Å². The van der Waals surface area contributed by atoms with E-state index in [0.717, 1.165) is 67.6 Å². The molecule has 496 valence electrons. The minimum absolute atomic E-state index is 0.0867. The van der Waals surface area contributed by atoms with Crippen molar-refractivity contribution in [3.05, 3.63) is 138 Å². The number of likely N-dealkylation sites (tertiary alicyclic amines) is 2. The van der Waals surface area contributed by atoms with Gasteiger partial charge in [-0.15, -0.1) is 31.4 Å². The highest BCUT2D eigenvalue weighted by Gasteiger charge is 2.35. The number of fused-ring (bicyclic) bond motifs is 2. The van der Waals surface area contributed by atoms with Crippen molar-refractivity contribution < 1.29 is 35.8 Å². The van der Waals surface area contributed by atoms with E-state index in [1.807, 2.05) is 13.0 Å².